The van der Waals surface area contributed by atoms with E-state index >= 15 is 0 Å². The van der Waals surface area contributed by atoms with Crippen molar-refractivity contribution in [3.8, 4) is 17.2 Å². The smallest absolute Gasteiger partial charge is 0.339 e. The molecule has 0 saturated carbocycles. The SMILES string of the molecule is CC1(C)CCC(C)(C)c2cc(NC(=O)c3ccc(C(=O)O)cc3)ccc21.O=C(O)c1cc(N=Nc2ccc(O)c(C(=O)O)c2)ccc1O.O=C(O)c1cc(N=Nc2ccc(S(=O)(=O)Nc3ccccn3)cc2)ccc1O. The van der Waals surface area contributed by atoms with Crippen LogP contribution in [0.3, 0.4) is 0 Å². The second kappa shape index (κ2) is 23.4. The Morgan fingerprint density at radius 2 is 0.934 bits per heavy atom. The lowest BCUT2D eigenvalue weighted by Gasteiger charge is -2.42. The molecule has 0 unspecified atom stereocenters. The van der Waals surface area contributed by atoms with Gasteiger partial charge in [-0.05, 0) is 162 Å². The molecular weight excluding hydrogens is 1000 g/mol. The molecule has 1 aromatic heterocycles. The Bertz CT molecular complexity index is 3450. The summed E-state index contributed by atoms with van der Waals surface area (Å²) in [6.45, 7) is 9.03. The lowest BCUT2D eigenvalue weighted by atomic mass is 9.63. The largest absolute Gasteiger partial charge is 0.507 e. The zero-order valence-electron chi connectivity index (χ0n) is 40.9. The Balaban J connectivity index is 0.000000186. The number of pyridine rings is 1. The normalized spacial score (nSPS) is 13.2. The van der Waals surface area contributed by atoms with Crippen LogP contribution in [0.15, 0.2) is 171 Å². The summed E-state index contributed by atoms with van der Waals surface area (Å²) in [5.41, 5.74) is 4.19. The van der Waals surface area contributed by atoms with Gasteiger partial charge in [0, 0.05) is 17.4 Å². The fraction of sp³-hybridized carbons (Fsp3) is 0.148. The number of carboxylic acids is 4. The number of phenols is 3. The van der Waals surface area contributed by atoms with Crippen molar-refractivity contribution in [1.29, 1.82) is 0 Å². The molecule has 6 aromatic carbocycles. The first-order chi connectivity index (χ1) is 35.8. The molecule has 0 bridgehead atoms. The number of nitrogens with one attached hydrogen (secondary N) is 2. The van der Waals surface area contributed by atoms with Crippen molar-refractivity contribution in [3.63, 3.8) is 0 Å². The molecule has 0 radical (unpaired) electrons. The number of carboxylic acid groups (broad SMARTS) is 4. The number of aromatic hydroxyl groups is 3. The molecule has 0 fully saturated rings. The van der Waals surface area contributed by atoms with E-state index in [1.807, 2.05) is 6.07 Å². The van der Waals surface area contributed by atoms with Gasteiger partial charge in [0.15, 0.2) is 0 Å². The number of sulfonamides is 1. The molecule has 9 N–H and O–H groups in total. The summed E-state index contributed by atoms with van der Waals surface area (Å²) in [7, 11) is -3.79. The summed E-state index contributed by atoms with van der Waals surface area (Å²) in [4.78, 5) is 60.1. The van der Waals surface area contributed by atoms with Crippen molar-refractivity contribution in [2.24, 2.45) is 20.5 Å². The van der Waals surface area contributed by atoms with E-state index in [4.69, 9.17) is 20.4 Å². The topological polar surface area (TPSA) is 347 Å². The maximum absolute atomic E-state index is 12.5. The molecule has 0 aliphatic heterocycles. The van der Waals surface area contributed by atoms with Gasteiger partial charge in [0.1, 0.15) is 39.8 Å². The van der Waals surface area contributed by atoms with Crippen molar-refractivity contribution in [3.05, 3.63) is 185 Å². The van der Waals surface area contributed by atoms with Crippen LogP contribution in [-0.2, 0) is 20.9 Å². The van der Waals surface area contributed by atoms with Crippen LogP contribution in [0.5, 0.6) is 17.2 Å². The number of aromatic carboxylic acids is 4. The van der Waals surface area contributed by atoms with Gasteiger partial charge in [-0.3, -0.25) is 9.52 Å². The minimum atomic E-state index is -3.79. The number of amides is 1. The van der Waals surface area contributed by atoms with Gasteiger partial charge >= 0.3 is 23.9 Å². The second-order valence-corrected chi connectivity index (χ2v) is 19.8. The van der Waals surface area contributed by atoms with E-state index in [1.54, 1.807) is 12.1 Å². The minimum absolute atomic E-state index is 0.0231. The van der Waals surface area contributed by atoms with Crippen molar-refractivity contribution in [2.75, 3.05) is 10.0 Å². The van der Waals surface area contributed by atoms with Gasteiger partial charge in [-0.25, -0.2) is 32.6 Å². The Hall–Kier alpha value is -9.83. The van der Waals surface area contributed by atoms with Crippen molar-refractivity contribution in [2.45, 2.75) is 56.3 Å². The number of carbonyl (C=O) groups is 5. The van der Waals surface area contributed by atoms with Gasteiger partial charge in [-0.2, -0.15) is 20.5 Å². The second-order valence-electron chi connectivity index (χ2n) is 18.1. The fourth-order valence-corrected chi connectivity index (χ4v) is 8.46. The third-order valence-electron chi connectivity index (χ3n) is 11.7. The molecule has 1 aliphatic rings. The van der Waals surface area contributed by atoms with E-state index in [1.165, 1.54) is 102 Å². The van der Waals surface area contributed by atoms with E-state index in [9.17, 15) is 47.7 Å². The number of hydrogen-bond acceptors (Lipinski definition) is 15. The summed E-state index contributed by atoms with van der Waals surface area (Å²) >= 11 is 0. The van der Waals surface area contributed by atoms with Gasteiger partial charge in [0.2, 0.25) is 0 Å². The lowest BCUT2D eigenvalue weighted by molar-refractivity contribution is 0.0682. The first-order valence-electron chi connectivity index (χ1n) is 22.7. The van der Waals surface area contributed by atoms with Crippen LogP contribution in [0.25, 0.3) is 0 Å². The number of nitrogens with zero attached hydrogens (tertiary/aromatic N) is 5. The van der Waals surface area contributed by atoms with E-state index in [0.29, 0.717) is 11.3 Å². The highest BCUT2D eigenvalue weighted by atomic mass is 32.2. The molecular formula is C54H49N7O14S. The van der Waals surface area contributed by atoms with Gasteiger partial charge in [0.25, 0.3) is 15.9 Å². The van der Waals surface area contributed by atoms with E-state index in [0.717, 1.165) is 42.8 Å². The highest BCUT2D eigenvalue weighted by Gasteiger charge is 2.37. The Kier molecular flexibility index (Phi) is 17.1. The number of azo groups is 2. The third kappa shape index (κ3) is 14.2. The maximum atomic E-state index is 12.5. The van der Waals surface area contributed by atoms with Gasteiger partial charge in [0.05, 0.1) is 33.2 Å². The van der Waals surface area contributed by atoms with Crippen LogP contribution in [0, 0.1) is 0 Å². The fourth-order valence-electron chi connectivity index (χ4n) is 7.45. The predicted molar refractivity (Wildman–Crippen MR) is 278 cm³/mol. The summed E-state index contributed by atoms with van der Waals surface area (Å²) in [5.74, 6) is -6.13. The van der Waals surface area contributed by atoms with E-state index in [2.05, 4.69) is 75.3 Å². The number of benzene rings is 6. The van der Waals surface area contributed by atoms with Crippen LogP contribution in [0.2, 0.25) is 0 Å². The highest BCUT2D eigenvalue weighted by Crippen LogP contribution is 2.46. The van der Waals surface area contributed by atoms with Crippen molar-refractivity contribution in [1.82, 2.24) is 4.98 Å². The monoisotopic (exact) mass is 1050 g/mol. The van der Waals surface area contributed by atoms with Crippen LogP contribution in [0.1, 0.15) is 103 Å². The molecule has 0 spiro atoms. The maximum Gasteiger partial charge on any atom is 0.339 e. The number of anilines is 2. The van der Waals surface area contributed by atoms with Crippen LogP contribution in [0.4, 0.5) is 34.3 Å². The number of hydrogen-bond donors (Lipinski definition) is 9. The first kappa shape index (κ1) is 55.5. The minimum Gasteiger partial charge on any atom is -0.507 e. The first-order valence-corrected chi connectivity index (χ1v) is 24.2. The summed E-state index contributed by atoms with van der Waals surface area (Å²) < 4.78 is 27.0. The average molecular weight is 1050 g/mol. The van der Waals surface area contributed by atoms with E-state index < -0.39 is 45.4 Å². The zero-order chi connectivity index (χ0) is 55.5. The molecule has 0 atom stereocenters. The Morgan fingerprint density at radius 1 is 0.500 bits per heavy atom. The molecule has 8 rings (SSSR count). The van der Waals surface area contributed by atoms with Gasteiger partial charge in [-0.1, -0.05) is 39.8 Å². The molecule has 390 valence electrons. The Labute approximate surface area is 434 Å². The van der Waals surface area contributed by atoms with Crippen LogP contribution in [-0.4, -0.2) is 78.9 Å². The molecule has 1 aliphatic carbocycles. The number of rotatable bonds is 13. The van der Waals surface area contributed by atoms with Gasteiger partial charge in [-0.15, -0.1) is 0 Å². The lowest BCUT2D eigenvalue weighted by Crippen LogP contribution is -2.33. The summed E-state index contributed by atoms with van der Waals surface area (Å²) in [6.07, 6.45) is 3.73. The summed E-state index contributed by atoms with van der Waals surface area (Å²) in [5, 5.41) is 82.2. The molecule has 0 saturated heterocycles. The molecule has 7 aromatic rings. The molecule has 1 amide bonds. The highest BCUT2D eigenvalue weighted by molar-refractivity contribution is 7.92. The third-order valence-corrected chi connectivity index (χ3v) is 13.1. The predicted octanol–water partition coefficient (Wildman–Crippen LogP) is 11.6. The number of aromatic nitrogens is 1. The standard InChI is InChI=1S/C22H25NO3.C18H14N4O5S.C14H10N2O6/c1-21(2)11-12-22(3,4)18-13-16(9-10-17(18)21)23-19(24)14-5-7-15(8-6-14)20(25)26;23-16-9-6-13(11-15(16)18(24)25)21-20-12-4-7-14(8-5-12)28(26,27)22-17-3-1-2-10-19-17;17-11-3-1-7(5-9(11)13(19)20)15-16-8-2-4-12(18)10(6-8)14(21)22/h5-10,13H,11-12H2,1-4H3,(H,23,24)(H,25,26);1-11,23H,(H,19,22)(H,24,25);1-6,17-18H,(H,19,20)(H,21,22). The van der Waals surface area contributed by atoms with Crippen molar-refractivity contribution >= 4 is 74.1 Å². The van der Waals surface area contributed by atoms with Crippen molar-refractivity contribution < 1.29 is 68.1 Å². The molecule has 76 heavy (non-hydrogen) atoms. The quantitative estimate of drug-likeness (QED) is 0.0485. The zero-order valence-corrected chi connectivity index (χ0v) is 41.7. The number of carbonyl (C=O) groups excluding carboxylic acids is 1. The summed E-state index contributed by atoms with van der Waals surface area (Å²) in [6, 6.07) is 33.7. The molecule has 22 heteroatoms. The Morgan fingerprint density at radius 3 is 1.37 bits per heavy atom. The van der Waals surface area contributed by atoms with E-state index in [-0.39, 0.29) is 72.5 Å². The average Bonchev–Trinajstić information content (AvgIpc) is 3.39. The molecule has 21 nitrogen and oxygen atoms in total. The van der Waals surface area contributed by atoms with Crippen LogP contribution < -0.4 is 10.0 Å². The molecule has 1 heterocycles. The number of fused-ring (bicyclic) bond motifs is 1. The van der Waals surface area contributed by atoms with Crippen LogP contribution >= 0.6 is 0 Å². The van der Waals surface area contributed by atoms with Gasteiger partial charge < -0.3 is 41.1 Å².